The Morgan fingerprint density at radius 3 is 2.84 bits per heavy atom. The Balaban J connectivity index is 1.41. The first-order chi connectivity index (χ1) is 15.5. The van der Waals surface area contributed by atoms with Crippen LogP contribution in [0.1, 0.15) is 23.4 Å². The van der Waals surface area contributed by atoms with Crippen LogP contribution in [0, 0.1) is 5.82 Å². The summed E-state index contributed by atoms with van der Waals surface area (Å²) >= 11 is 5.22. The van der Waals surface area contributed by atoms with Crippen molar-refractivity contribution in [3.05, 3.63) is 54.0 Å². The summed E-state index contributed by atoms with van der Waals surface area (Å²) in [6.45, 7) is 1.43. The van der Waals surface area contributed by atoms with E-state index in [1.54, 1.807) is 50.6 Å². The third-order valence-electron chi connectivity index (χ3n) is 5.45. The largest absolute Gasteiger partial charge is 0.496 e. The predicted molar refractivity (Wildman–Crippen MR) is 125 cm³/mol. The number of thiocarbonyl (C=S) groups is 1. The number of methoxy groups -OCH3 is 2. The molecule has 0 spiro atoms. The molecule has 0 radical (unpaired) electrons. The molecule has 1 aliphatic rings. The zero-order chi connectivity index (χ0) is 22.7. The monoisotopic (exact) mass is 457 g/mol. The van der Waals surface area contributed by atoms with Crippen LogP contribution >= 0.6 is 12.2 Å². The number of halogens is 1. The normalized spacial score (nSPS) is 16.1. The lowest BCUT2D eigenvalue weighted by Gasteiger charge is -2.33. The number of carbonyl (C=O) groups excluding carboxylic acids is 1. The number of piperidine rings is 1. The molecule has 2 N–H and O–H groups in total. The highest BCUT2D eigenvalue weighted by molar-refractivity contribution is 7.80. The second kappa shape index (κ2) is 9.54. The van der Waals surface area contributed by atoms with E-state index in [-0.39, 0.29) is 22.8 Å². The van der Waals surface area contributed by atoms with Gasteiger partial charge in [-0.3, -0.25) is 10.1 Å². The van der Waals surface area contributed by atoms with Crippen LogP contribution in [0.3, 0.4) is 0 Å². The third-order valence-corrected chi connectivity index (χ3v) is 5.65. The van der Waals surface area contributed by atoms with Gasteiger partial charge in [0, 0.05) is 32.0 Å². The standard InChI is InChI=1S/C23H24FN3O4S/c1-29-15-5-4-10-27(13-15)18-9-8-14(11-17(18)24)25-23(32)26-22(28)21-12-16-19(30-2)6-3-7-20(16)31-21/h3,6-9,11-12,15H,4-5,10,13H2,1-2H3,(H2,25,26,28,32). The number of ether oxygens (including phenoxy) is 2. The number of nitrogens with one attached hydrogen (secondary N) is 2. The molecule has 1 fully saturated rings. The summed E-state index contributed by atoms with van der Waals surface area (Å²) in [5.41, 5.74) is 1.48. The first kappa shape index (κ1) is 22.0. The van der Waals surface area contributed by atoms with Crippen LogP contribution in [0.15, 0.2) is 46.9 Å². The fourth-order valence-electron chi connectivity index (χ4n) is 3.84. The van der Waals surface area contributed by atoms with Crippen LogP contribution in [0.2, 0.25) is 0 Å². The lowest BCUT2D eigenvalue weighted by molar-refractivity contribution is 0.0891. The predicted octanol–water partition coefficient (Wildman–Crippen LogP) is 4.32. The number of nitrogens with zero attached hydrogens (tertiary/aromatic N) is 1. The first-order valence-corrected chi connectivity index (χ1v) is 10.7. The maximum atomic E-state index is 14.8. The molecule has 1 aromatic heterocycles. The molecule has 168 valence electrons. The average molecular weight is 458 g/mol. The van der Waals surface area contributed by atoms with Crippen molar-refractivity contribution in [2.45, 2.75) is 18.9 Å². The molecule has 0 saturated carbocycles. The van der Waals surface area contributed by atoms with Gasteiger partial charge in [0.2, 0.25) is 0 Å². The number of furan rings is 1. The minimum Gasteiger partial charge on any atom is -0.496 e. The van der Waals surface area contributed by atoms with Crippen molar-refractivity contribution in [3.63, 3.8) is 0 Å². The van der Waals surface area contributed by atoms with E-state index in [0.29, 0.717) is 34.6 Å². The number of hydrogen-bond acceptors (Lipinski definition) is 6. The molecule has 1 unspecified atom stereocenters. The molecule has 32 heavy (non-hydrogen) atoms. The summed E-state index contributed by atoms with van der Waals surface area (Å²) in [6.07, 6.45) is 2.02. The average Bonchev–Trinajstić information content (AvgIpc) is 3.24. The van der Waals surface area contributed by atoms with Crippen molar-refractivity contribution < 1.29 is 23.1 Å². The molecule has 0 aliphatic carbocycles. The van der Waals surface area contributed by atoms with E-state index in [2.05, 4.69) is 10.6 Å². The molecule has 0 bridgehead atoms. The van der Waals surface area contributed by atoms with Crippen LogP contribution in [0.5, 0.6) is 5.75 Å². The summed E-state index contributed by atoms with van der Waals surface area (Å²) in [4.78, 5) is 14.5. The van der Waals surface area contributed by atoms with E-state index in [1.165, 1.54) is 6.07 Å². The molecule has 2 heterocycles. The molecule has 1 aliphatic heterocycles. The number of rotatable bonds is 5. The second-order valence-corrected chi connectivity index (χ2v) is 7.91. The van der Waals surface area contributed by atoms with Gasteiger partial charge in [-0.25, -0.2) is 4.39 Å². The van der Waals surface area contributed by atoms with Gasteiger partial charge >= 0.3 is 0 Å². The Kier molecular flexibility index (Phi) is 6.57. The number of carbonyl (C=O) groups is 1. The molecule has 1 atom stereocenters. The number of anilines is 2. The Morgan fingerprint density at radius 1 is 1.25 bits per heavy atom. The molecule has 7 nitrogen and oxygen atoms in total. The maximum Gasteiger partial charge on any atom is 0.293 e. The zero-order valence-corrected chi connectivity index (χ0v) is 18.6. The highest BCUT2D eigenvalue weighted by Crippen LogP contribution is 2.29. The summed E-state index contributed by atoms with van der Waals surface area (Å²) in [5.74, 6) is -0.193. The Morgan fingerprint density at radius 2 is 2.09 bits per heavy atom. The quantitative estimate of drug-likeness (QED) is 0.553. The van der Waals surface area contributed by atoms with Crippen molar-refractivity contribution in [2.75, 3.05) is 37.5 Å². The van der Waals surface area contributed by atoms with Crippen molar-refractivity contribution in [1.29, 1.82) is 0 Å². The van der Waals surface area contributed by atoms with E-state index < -0.39 is 5.91 Å². The van der Waals surface area contributed by atoms with Gasteiger partial charge < -0.3 is 24.1 Å². The van der Waals surface area contributed by atoms with E-state index in [0.717, 1.165) is 19.4 Å². The lowest BCUT2D eigenvalue weighted by Crippen LogP contribution is -2.39. The Labute approximate surface area is 190 Å². The molecular weight excluding hydrogens is 433 g/mol. The number of hydrogen-bond donors (Lipinski definition) is 2. The smallest absolute Gasteiger partial charge is 0.293 e. The molecule has 4 rings (SSSR count). The minimum atomic E-state index is -0.517. The van der Waals surface area contributed by atoms with Gasteiger partial charge in [0.1, 0.15) is 17.1 Å². The molecule has 3 aromatic rings. The fraction of sp³-hybridized carbons (Fsp3) is 0.304. The van der Waals surface area contributed by atoms with E-state index in [1.807, 2.05) is 4.90 Å². The van der Waals surface area contributed by atoms with Crippen molar-refractivity contribution in [3.8, 4) is 5.75 Å². The van der Waals surface area contributed by atoms with Gasteiger partial charge in [-0.1, -0.05) is 6.07 Å². The molecule has 1 saturated heterocycles. The van der Waals surface area contributed by atoms with Crippen molar-refractivity contribution >= 4 is 45.6 Å². The third kappa shape index (κ3) is 4.68. The molecule has 1 amide bonds. The molecule has 2 aromatic carbocycles. The van der Waals surface area contributed by atoms with E-state index in [4.69, 9.17) is 26.1 Å². The van der Waals surface area contributed by atoms with Gasteiger partial charge in [-0.05, 0) is 55.4 Å². The summed E-state index contributed by atoms with van der Waals surface area (Å²) in [6, 6.07) is 11.7. The number of amides is 1. The minimum absolute atomic E-state index is 0.0343. The SMILES string of the molecule is COc1cccc2oc(C(=O)NC(=S)Nc3ccc(N4CCCC(OC)C4)c(F)c3)cc12. The fourth-order valence-corrected chi connectivity index (χ4v) is 4.05. The first-order valence-electron chi connectivity index (χ1n) is 10.2. The maximum absolute atomic E-state index is 14.8. The number of fused-ring (bicyclic) bond motifs is 1. The summed E-state index contributed by atoms with van der Waals surface area (Å²) in [7, 11) is 3.22. The van der Waals surface area contributed by atoms with Crippen LogP contribution in [-0.4, -0.2) is 44.4 Å². The number of benzene rings is 2. The molecule has 9 heteroatoms. The van der Waals surface area contributed by atoms with Crippen molar-refractivity contribution in [2.24, 2.45) is 0 Å². The van der Waals surface area contributed by atoms with E-state index >= 15 is 0 Å². The van der Waals surface area contributed by atoms with Crippen LogP contribution < -0.4 is 20.3 Å². The Hall–Kier alpha value is -3.17. The summed E-state index contributed by atoms with van der Waals surface area (Å²) < 4.78 is 31.0. The highest BCUT2D eigenvalue weighted by Gasteiger charge is 2.22. The van der Waals surface area contributed by atoms with Crippen molar-refractivity contribution in [1.82, 2.24) is 5.32 Å². The van der Waals surface area contributed by atoms with Gasteiger partial charge in [0.05, 0.1) is 24.3 Å². The van der Waals surface area contributed by atoms with Gasteiger partial charge in [0.15, 0.2) is 10.9 Å². The molecular formula is C23H24FN3O4S. The lowest BCUT2D eigenvalue weighted by atomic mass is 10.1. The van der Waals surface area contributed by atoms with Crippen LogP contribution in [-0.2, 0) is 4.74 Å². The van der Waals surface area contributed by atoms with Crippen LogP contribution in [0.25, 0.3) is 11.0 Å². The zero-order valence-electron chi connectivity index (χ0n) is 17.8. The van der Waals surface area contributed by atoms with Gasteiger partial charge in [-0.2, -0.15) is 0 Å². The van der Waals surface area contributed by atoms with Gasteiger partial charge in [-0.15, -0.1) is 0 Å². The second-order valence-electron chi connectivity index (χ2n) is 7.50. The topological polar surface area (TPSA) is 76.0 Å². The van der Waals surface area contributed by atoms with E-state index in [9.17, 15) is 9.18 Å². The van der Waals surface area contributed by atoms with Crippen LogP contribution in [0.4, 0.5) is 15.8 Å². The highest BCUT2D eigenvalue weighted by atomic mass is 32.1. The summed E-state index contributed by atoms with van der Waals surface area (Å²) in [5, 5.41) is 6.11. The Bertz CT molecular complexity index is 1150. The van der Waals surface area contributed by atoms with Gasteiger partial charge in [0.25, 0.3) is 5.91 Å².